The summed E-state index contributed by atoms with van der Waals surface area (Å²) in [6.07, 6.45) is 1.84. The molecule has 3 nitrogen and oxygen atoms in total. The third kappa shape index (κ3) is 3.12. The Hall–Kier alpha value is -1.87. The topological polar surface area (TPSA) is 34.0 Å². The summed E-state index contributed by atoms with van der Waals surface area (Å²) in [6.45, 7) is 4.56. The molecule has 0 radical (unpaired) electrons. The molecule has 2 aromatic rings. The highest BCUT2D eigenvalue weighted by atomic mass is 16.1. The van der Waals surface area contributed by atoms with Crippen LogP contribution in [0, 0.1) is 13.8 Å². The van der Waals surface area contributed by atoms with Crippen molar-refractivity contribution < 1.29 is 0 Å². The van der Waals surface area contributed by atoms with E-state index in [0.717, 1.165) is 5.56 Å². The Balaban J connectivity index is 2.26. The first-order valence-corrected chi connectivity index (χ1v) is 6.51. The van der Waals surface area contributed by atoms with Crippen molar-refractivity contribution >= 4 is 0 Å². The third-order valence-electron chi connectivity index (χ3n) is 3.42. The third-order valence-corrected chi connectivity index (χ3v) is 3.42. The van der Waals surface area contributed by atoms with Crippen molar-refractivity contribution in [2.45, 2.75) is 26.4 Å². The van der Waals surface area contributed by atoms with Gasteiger partial charge in [-0.25, -0.2) is 0 Å². The van der Waals surface area contributed by atoms with E-state index in [9.17, 15) is 4.79 Å². The minimum atomic E-state index is 0.0786. The lowest BCUT2D eigenvalue weighted by Gasteiger charge is -2.18. The molecular weight excluding hydrogens is 236 g/mol. The Morgan fingerprint density at radius 3 is 2.47 bits per heavy atom. The smallest absolute Gasteiger partial charge is 0.253 e. The van der Waals surface area contributed by atoms with Crippen molar-refractivity contribution in [3.05, 3.63) is 69.6 Å². The Morgan fingerprint density at radius 1 is 1.16 bits per heavy atom. The number of pyridine rings is 1. The van der Waals surface area contributed by atoms with Crippen LogP contribution in [0.5, 0.6) is 0 Å². The lowest BCUT2D eigenvalue weighted by molar-refractivity contribution is 0.490. The molecule has 0 saturated carbocycles. The average molecular weight is 256 g/mol. The Labute approximate surface area is 113 Å². The lowest BCUT2D eigenvalue weighted by atomic mass is 10.1. The van der Waals surface area contributed by atoms with Crippen molar-refractivity contribution in [1.29, 1.82) is 0 Å². The molecule has 1 heterocycles. The van der Waals surface area contributed by atoms with E-state index in [1.165, 1.54) is 11.1 Å². The molecule has 0 saturated heterocycles. The molecule has 3 heteroatoms. The van der Waals surface area contributed by atoms with Crippen molar-refractivity contribution in [2.75, 3.05) is 7.05 Å². The number of aryl methyl sites for hydroxylation is 2. The first-order valence-electron chi connectivity index (χ1n) is 6.51. The van der Waals surface area contributed by atoms with Gasteiger partial charge in [-0.1, -0.05) is 35.9 Å². The number of aromatic nitrogens is 1. The fraction of sp³-hybridized carbons (Fsp3) is 0.312. The van der Waals surface area contributed by atoms with Crippen molar-refractivity contribution in [3.63, 3.8) is 0 Å². The number of nitrogens with zero attached hydrogens (tertiary/aromatic N) is 1. The second kappa shape index (κ2) is 5.85. The molecule has 100 valence electrons. The zero-order valence-corrected chi connectivity index (χ0v) is 11.7. The number of hydrogen-bond acceptors (Lipinski definition) is 2. The number of hydrogen-bond donors (Lipinski definition) is 1. The SMILES string of the molecule is CNC(Cn1cccc(C)c1=O)c1ccc(C)cc1. The molecule has 0 bridgehead atoms. The van der Waals surface area contributed by atoms with Crippen molar-refractivity contribution in [3.8, 4) is 0 Å². The van der Waals surface area contributed by atoms with Crippen LogP contribution in [0.25, 0.3) is 0 Å². The zero-order chi connectivity index (χ0) is 13.8. The normalized spacial score (nSPS) is 12.4. The molecule has 2 rings (SSSR count). The van der Waals surface area contributed by atoms with Gasteiger partial charge >= 0.3 is 0 Å². The standard InChI is InChI=1S/C16H20N2O/c1-12-6-8-14(9-7-12)15(17-3)11-18-10-4-5-13(2)16(18)19/h4-10,15,17H,11H2,1-3H3. The highest BCUT2D eigenvalue weighted by Crippen LogP contribution is 2.15. The highest BCUT2D eigenvalue weighted by molar-refractivity contribution is 5.24. The second-order valence-electron chi connectivity index (χ2n) is 4.90. The minimum Gasteiger partial charge on any atom is -0.313 e. The summed E-state index contributed by atoms with van der Waals surface area (Å²) in [5.74, 6) is 0. The zero-order valence-electron chi connectivity index (χ0n) is 11.7. The maximum atomic E-state index is 12.0. The van der Waals surface area contributed by atoms with Crippen LogP contribution < -0.4 is 10.9 Å². The number of nitrogens with one attached hydrogen (secondary N) is 1. The van der Waals surface area contributed by atoms with Crippen LogP contribution in [-0.2, 0) is 6.54 Å². The monoisotopic (exact) mass is 256 g/mol. The summed E-state index contributed by atoms with van der Waals surface area (Å²) in [4.78, 5) is 12.0. The van der Waals surface area contributed by atoms with Gasteiger partial charge in [0.25, 0.3) is 5.56 Å². The molecule has 19 heavy (non-hydrogen) atoms. The van der Waals surface area contributed by atoms with E-state index in [0.29, 0.717) is 6.54 Å². The Bertz CT molecular complexity index is 599. The molecule has 0 aliphatic carbocycles. The predicted molar refractivity (Wildman–Crippen MR) is 78.4 cm³/mol. The van der Waals surface area contributed by atoms with Gasteiger partial charge < -0.3 is 9.88 Å². The summed E-state index contributed by atoms with van der Waals surface area (Å²) < 4.78 is 1.76. The van der Waals surface area contributed by atoms with Gasteiger partial charge in [-0.15, -0.1) is 0 Å². The van der Waals surface area contributed by atoms with E-state index in [-0.39, 0.29) is 11.6 Å². The second-order valence-corrected chi connectivity index (χ2v) is 4.90. The highest BCUT2D eigenvalue weighted by Gasteiger charge is 2.10. The first-order chi connectivity index (χ1) is 9.11. The van der Waals surface area contributed by atoms with Crippen LogP contribution in [0.1, 0.15) is 22.7 Å². The minimum absolute atomic E-state index is 0.0786. The molecular formula is C16H20N2O. The summed E-state index contributed by atoms with van der Waals surface area (Å²) in [5.41, 5.74) is 3.30. The van der Waals surface area contributed by atoms with E-state index in [1.807, 2.05) is 32.3 Å². The van der Waals surface area contributed by atoms with Crippen molar-refractivity contribution in [1.82, 2.24) is 9.88 Å². The molecule has 0 amide bonds. The number of likely N-dealkylation sites (N-methyl/N-ethyl adjacent to an activating group) is 1. The van der Waals surface area contributed by atoms with Crippen LogP contribution in [0.4, 0.5) is 0 Å². The van der Waals surface area contributed by atoms with Gasteiger partial charge in [0.1, 0.15) is 0 Å². The van der Waals surface area contributed by atoms with Crippen LogP contribution in [0.3, 0.4) is 0 Å². The molecule has 0 fully saturated rings. The predicted octanol–water partition coefficient (Wildman–Crippen LogP) is 2.43. The van der Waals surface area contributed by atoms with E-state index < -0.39 is 0 Å². The van der Waals surface area contributed by atoms with Crippen LogP contribution >= 0.6 is 0 Å². The summed E-state index contributed by atoms with van der Waals surface area (Å²) in [7, 11) is 1.92. The summed E-state index contributed by atoms with van der Waals surface area (Å²) >= 11 is 0. The van der Waals surface area contributed by atoms with Gasteiger partial charge in [-0.05, 0) is 32.5 Å². The van der Waals surface area contributed by atoms with Gasteiger partial charge in [0.05, 0.1) is 6.04 Å². The Morgan fingerprint density at radius 2 is 1.84 bits per heavy atom. The quantitative estimate of drug-likeness (QED) is 0.911. The molecule has 1 atom stereocenters. The molecule has 1 unspecified atom stereocenters. The van der Waals surface area contributed by atoms with E-state index in [2.05, 4.69) is 36.5 Å². The number of benzene rings is 1. The summed E-state index contributed by atoms with van der Waals surface area (Å²) in [6, 6.07) is 12.3. The van der Waals surface area contributed by atoms with Gasteiger partial charge in [0.2, 0.25) is 0 Å². The molecule has 0 aliphatic heterocycles. The Kier molecular flexibility index (Phi) is 4.17. The van der Waals surface area contributed by atoms with Crippen LogP contribution in [0.15, 0.2) is 47.4 Å². The maximum Gasteiger partial charge on any atom is 0.253 e. The molecule has 1 aromatic carbocycles. The van der Waals surface area contributed by atoms with Gasteiger partial charge in [0, 0.05) is 18.3 Å². The van der Waals surface area contributed by atoms with Gasteiger partial charge in [-0.3, -0.25) is 4.79 Å². The molecule has 0 spiro atoms. The van der Waals surface area contributed by atoms with Gasteiger partial charge in [-0.2, -0.15) is 0 Å². The molecule has 1 N–H and O–H groups in total. The first kappa shape index (κ1) is 13.6. The van der Waals surface area contributed by atoms with Crippen LogP contribution in [0.2, 0.25) is 0 Å². The lowest BCUT2D eigenvalue weighted by Crippen LogP contribution is -2.29. The number of rotatable bonds is 4. The molecule has 0 aliphatic rings. The summed E-state index contributed by atoms with van der Waals surface area (Å²) in [5, 5.41) is 3.27. The van der Waals surface area contributed by atoms with E-state index in [4.69, 9.17) is 0 Å². The maximum absolute atomic E-state index is 12.0. The van der Waals surface area contributed by atoms with E-state index >= 15 is 0 Å². The van der Waals surface area contributed by atoms with Crippen molar-refractivity contribution in [2.24, 2.45) is 0 Å². The molecule has 1 aromatic heterocycles. The average Bonchev–Trinajstić information content (AvgIpc) is 2.42. The van der Waals surface area contributed by atoms with Gasteiger partial charge in [0.15, 0.2) is 0 Å². The van der Waals surface area contributed by atoms with Crippen LogP contribution in [-0.4, -0.2) is 11.6 Å². The fourth-order valence-electron chi connectivity index (χ4n) is 2.16. The fourth-order valence-corrected chi connectivity index (χ4v) is 2.16. The largest absolute Gasteiger partial charge is 0.313 e. The van der Waals surface area contributed by atoms with E-state index in [1.54, 1.807) is 4.57 Å².